The molecule has 2 aromatic rings. The van der Waals surface area contributed by atoms with E-state index in [0.717, 1.165) is 22.3 Å². The summed E-state index contributed by atoms with van der Waals surface area (Å²) in [5.74, 6) is -0.201. The summed E-state index contributed by atoms with van der Waals surface area (Å²) in [6.45, 7) is 1.71. The van der Waals surface area contributed by atoms with E-state index >= 15 is 0 Å². The standard InChI is InChI=1S/C16H13Br2NO2/c1-16(17,18)15(21)19-9-6-7-11-10-4-2-3-5-12(10)14(20)13(11)8-9/h2-8,14,20H,1H3,(H,19,21). The number of aliphatic hydroxyl groups is 1. The van der Waals surface area contributed by atoms with E-state index in [1.807, 2.05) is 42.5 Å². The average molecular weight is 411 g/mol. The summed E-state index contributed by atoms with van der Waals surface area (Å²) < 4.78 is -0.819. The lowest BCUT2D eigenvalue weighted by atomic mass is 10.1. The molecular formula is C16H13Br2NO2. The van der Waals surface area contributed by atoms with Gasteiger partial charge in [0.2, 0.25) is 0 Å². The second-order valence-electron chi connectivity index (χ2n) is 5.13. The van der Waals surface area contributed by atoms with Crippen molar-refractivity contribution < 1.29 is 9.90 Å². The van der Waals surface area contributed by atoms with Crippen LogP contribution in [0, 0.1) is 0 Å². The van der Waals surface area contributed by atoms with Crippen molar-refractivity contribution in [3.8, 4) is 11.1 Å². The first kappa shape index (κ1) is 14.8. The SMILES string of the molecule is CC(Br)(Br)C(=O)Nc1ccc2c(c1)C(O)c1ccccc1-2. The quantitative estimate of drug-likeness (QED) is 0.729. The predicted octanol–water partition coefficient (Wildman–Crippen LogP) is 4.19. The van der Waals surface area contributed by atoms with Crippen LogP contribution in [0.4, 0.5) is 5.69 Å². The van der Waals surface area contributed by atoms with Gasteiger partial charge in [0, 0.05) is 5.69 Å². The summed E-state index contributed by atoms with van der Waals surface area (Å²) in [5, 5.41) is 13.2. The molecule has 0 spiro atoms. The fourth-order valence-electron chi connectivity index (χ4n) is 2.50. The second kappa shape index (κ2) is 5.23. The summed E-state index contributed by atoms with van der Waals surface area (Å²) >= 11 is 6.51. The molecular weight excluding hydrogens is 398 g/mol. The highest BCUT2D eigenvalue weighted by Gasteiger charge is 2.29. The fourth-order valence-corrected chi connectivity index (χ4v) is 2.70. The minimum Gasteiger partial charge on any atom is -0.384 e. The number of halogens is 2. The monoisotopic (exact) mass is 409 g/mol. The van der Waals surface area contributed by atoms with Crippen LogP contribution in [0.5, 0.6) is 0 Å². The van der Waals surface area contributed by atoms with E-state index < -0.39 is 9.34 Å². The number of benzene rings is 2. The van der Waals surface area contributed by atoms with E-state index in [0.29, 0.717) is 5.69 Å². The number of hydrogen-bond acceptors (Lipinski definition) is 2. The molecule has 0 bridgehead atoms. The van der Waals surface area contributed by atoms with E-state index in [1.54, 1.807) is 6.92 Å². The van der Waals surface area contributed by atoms with E-state index in [1.165, 1.54) is 0 Å². The smallest absolute Gasteiger partial charge is 0.251 e. The fraction of sp³-hybridized carbons (Fsp3) is 0.188. The van der Waals surface area contributed by atoms with Crippen molar-refractivity contribution in [2.45, 2.75) is 16.3 Å². The Kier molecular flexibility index (Phi) is 3.67. The molecule has 3 nitrogen and oxygen atoms in total. The molecule has 1 unspecified atom stereocenters. The molecule has 0 saturated carbocycles. The van der Waals surface area contributed by atoms with Gasteiger partial charge in [-0.25, -0.2) is 0 Å². The highest BCUT2D eigenvalue weighted by molar-refractivity contribution is 9.25. The summed E-state index contributed by atoms with van der Waals surface area (Å²) in [5.41, 5.74) is 4.44. The molecule has 3 rings (SSSR count). The first-order valence-corrected chi connectivity index (χ1v) is 8.07. The molecule has 0 fully saturated rings. The van der Waals surface area contributed by atoms with Crippen molar-refractivity contribution in [1.82, 2.24) is 0 Å². The van der Waals surface area contributed by atoms with Crippen LogP contribution in [-0.4, -0.2) is 14.2 Å². The van der Waals surface area contributed by atoms with Crippen LogP contribution < -0.4 is 5.32 Å². The number of alkyl halides is 2. The number of amides is 1. The largest absolute Gasteiger partial charge is 0.384 e. The van der Waals surface area contributed by atoms with Crippen LogP contribution in [-0.2, 0) is 4.79 Å². The Morgan fingerprint density at radius 2 is 1.81 bits per heavy atom. The number of carbonyl (C=O) groups excluding carboxylic acids is 1. The third-order valence-corrected chi connectivity index (χ3v) is 4.27. The van der Waals surface area contributed by atoms with E-state index in [4.69, 9.17) is 0 Å². The molecule has 1 amide bonds. The molecule has 2 aromatic carbocycles. The van der Waals surface area contributed by atoms with Crippen molar-refractivity contribution in [2.24, 2.45) is 0 Å². The first-order chi connectivity index (χ1) is 9.88. The highest BCUT2D eigenvalue weighted by atomic mass is 79.9. The Balaban J connectivity index is 1.96. The number of aliphatic hydroxyl groups excluding tert-OH is 1. The van der Waals surface area contributed by atoms with Crippen LogP contribution in [0.15, 0.2) is 42.5 Å². The normalized spacial score (nSPS) is 16.3. The molecule has 21 heavy (non-hydrogen) atoms. The minimum absolute atomic E-state index is 0.201. The minimum atomic E-state index is -0.819. The Labute approximate surface area is 139 Å². The molecule has 1 atom stereocenters. The maximum absolute atomic E-state index is 12.0. The van der Waals surface area contributed by atoms with Gasteiger partial charge in [-0.05, 0) is 41.3 Å². The van der Waals surface area contributed by atoms with Crippen LogP contribution in [0.2, 0.25) is 0 Å². The molecule has 1 aliphatic carbocycles. The Bertz CT molecular complexity index is 722. The van der Waals surface area contributed by atoms with Gasteiger partial charge in [0.25, 0.3) is 5.91 Å². The molecule has 0 aliphatic heterocycles. The van der Waals surface area contributed by atoms with E-state index in [9.17, 15) is 9.90 Å². The molecule has 0 aromatic heterocycles. The highest BCUT2D eigenvalue weighted by Crippen LogP contribution is 2.44. The molecule has 108 valence electrons. The lowest BCUT2D eigenvalue weighted by Crippen LogP contribution is -2.28. The third-order valence-electron chi connectivity index (χ3n) is 3.55. The maximum Gasteiger partial charge on any atom is 0.251 e. The van der Waals surface area contributed by atoms with Gasteiger partial charge >= 0.3 is 0 Å². The van der Waals surface area contributed by atoms with Gasteiger partial charge in [0.1, 0.15) is 6.10 Å². The topological polar surface area (TPSA) is 49.3 Å². The van der Waals surface area contributed by atoms with Gasteiger partial charge in [-0.2, -0.15) is 0 Å². The molecule has 2 N–H and O–H groups in total. The zero-order chi connectivity index (χ0) is 15.2. The number of fused-ring (bicyclic) bond motifs is 3. The van der Waals surface area contributed by atoms with Gasteiger partial charge in [-0.1, -0.05) is 62.2 Å². The van der Waals surface area contributed by atoms with Crippen molar-refractivity contribution >= 4 is 43.5 Å². The number of nitrogens with one attached hydrogen (secondary N) is 1. The molecule has 0 radical (unpaired) electrons. The second-order valence-corrected chi connectivity index (χ2v) is 9.37. The predicted molar refractivity (Wildman–Crippen MR) is 90.8 cm³/mol. The number of hydrogen-bond donors (Lipinski definition) is 2. The van der Waals surface area contributed by atoms with E-state index in [-0.39, 0.29) is 5.91 Å². The van der Waals surface area contributed by atoms with Crippen LogP contribution in [0.3, 0.4) is 0 Å². The van der Waals surface area contributed by atoms with Gasteiger partial charge < -0.3 is 10.4 Å². The Hall–Kier alpha value is -1.17. The molecule has 1 aliphatic rings. The third kappa shape index (κ3) is 2.65. The van der Waals surface area contributed by atoms with Crippen LogP contribution >= 0.6 is 31.9 Å². The van der Waals surface area contributed by atoms with Gasteiger partial charge in [-0.15, -0.1) is 0 Å². The van der Waals surface area contributed by atoms with Gasteiger partial charge in [0.15, 0.2) is 3.23 Å². The Morgan fingerprint density at radius 3 is 2.52 bits per heavy atom. The van der Waals surface area contributed by atoms with Crippen molar-refractivity contribution in [1.29, 1.82) is 0 Å². The zero-order valence-electron chi connectivity index (χ0n) is 11.2. The summed E-state index contributed by atoms with van der Waals surface area (Å²) in [6, 6.07) is 13.4. The number of carbonyl (C=O) groups is 1. The number of anilines is 1. The van der Waals surface area contributed by atoms with Gasteiger partial charge in [-0.3, -0.25) is 4.79 Å². The van der Waals surface area contributed by atoms with Gasteiger partial charge in [0.05, 0.1) is 0 Å². The summed E-state index contributed by atoms with van der Waals surface area (Å²) in [4.78, 5) is 12.0. The Morgan fingerprint density at radius 1 is 1.14 bits per heavy atom. The van der Waals surface area contributed by atoms with Crippen molar-refractivity contribution in [2.75, 3.05) is 5.32 Å². The molecule has 0 saturated heterocycles. The van der Waals surface area contributed by atoms with Crippen molar-refractivity contribution in [3.63, 3.8) is 0 Å². The lowest BCUT2D eigenvalue weighted by molar-refractivity contribution is -0.115. The summed E-state index contributed by atoms with van der Waals surface area (Å²) in [7, 11) is 0. The average Bonchev–Trinajstić information content (AvgIpc) is 2.72. The summed E-state index contributed by atoms with van der Waals surface area (Å²) in [6.07, 6.45) is -0.646. The zero-order valence-corrected chi connectivity index (χ0v) is 14.4. The maximum atomic E-state index is 12.0. The lowest BCUT2D eigenvalue weighted by Gasteiger charge is -2.15. The van der Waals surface area contributed by atoms with Crippen LogP contribution in [0.25, 0.3) is 11.1 Å². The molecule has 0 heterocycles. The molecule has 5 heteroatoms. The first-order valence-electron chi connectivity index (χ1n) is 6.48. The van der Waals surface area contributed by atoms with Crippen molar-refractivity contribution in [3.05, 3.63) is 53.6 Å². The van der Waals surface area contributed by atoms with E-state index in [2.05, 4.69) is 37.2 Å². The van der Waals surface area contributed by atoms with Crippen LogP contribution in [0.1, 0.15) is 24.2 Å². The number of rotatable bonds is 2.